The number of fused-ring (bicyclic) bond motifs is 2. The lowest BCUT2D eigenvalue weighted by atomic mass is 10.0. The van der Waals surface area contributed by atoms with E-state index in [1.165, 1.54) is 4.88 Å². The second kappa shape index (κ2) is 10.9. The fourth-order valence-electron chi connectivity index (χ4n) is 5.27. The summed E-state index contributed by atoms with van der Waals surface area (Å²) in [5.41, 5.74) is 5.76. The molecule has 3 aromatic rings. The molecule has 0 saturated carbocycles. The Bertz CT molecular complexity index is 1460. The molecule has 0 N–H and O–H groups in total. The molecule has 8 nitrogen and oxygen atoms in total. The molecule has 9 heteroatoms. The Balaban J connectivity index is 1.52. The number of hydrogen-bond donors (Lipinski definition) is 0. The van der Waals surface area contributed by atoms with Crippen LogP contribution >= 0.6 is 11.3 Å². The summed E-state index contributed by atoms with van der Waals surface area (Å²) in [7, 11) is 0. The number of carbonyl (C=O) groups is 2. The lowest BCUT2D eigenvalue weighted by Gasteiger charge is -2.31. The van der Waals surface area contributed by atoms with E-state index in [1.54, 1.807) is 16.2 Å². The van der Waals surface area contributed by atoms with Crippen LogP contribution in [0.5, 0.6) is 0 Å². The number of aromatic nitrogens is 1. The summed E-state index contributed by atoms with van der Waals surface area (Å²) in [6, 6.07) is 6.21. The van der Waals surface area contributed by atoms with Gasteiger partial charge in [-0.25, -0.2) is 9.59 Å². The first-order valence-electron chi connectivity index (χ1n) is 13.9. The lowest BCUT2D eigenvalue weighted by Crippen LogP contribution is -2.39. The maximum atomic E-state index is 13.1. The van der Waals surface area contributed by atoms with Crippen molar-refractivity contribution in [1.29, 1.82) is 0 Å². The molecule has 2 aliphatic rings. The largest absolute Gasteiger partial charge is 0.459 e. The maximum absolute atomic E-state index is 13.1. The van der Waals surface area contributed by atoms with Gasteiger partial charge in [0.05, 0.1) is 42.8 Å². The zero-order valence-electron chi connectivity index (χ0n) is 24.3. The highest BCUT2D eigenvalue weighted by Gasteiger charge is 2.28. The number of carbonyl (C=O) groups excluding carboxylic acids is 2. The van der Waals surface area contributed by atoms with Crippen LogP contribution in [0.25, 0.3) is 21.7 Å². The third-order valence-corrected chi connectivity index (χ3v) is 8.46. The van der Waals surface area contributed by atoms with E-state index in [2.05, 4.69) is 34.2 Å². The molecule has 5 heterocycles. The molecule has 1 saturated heterocycles. The molecule has 5 rings (SSSR count). The van der Waals surface area contributed by atoms with Crippen molar-refractivity contribution >= 4 is 34.6 Å². The SMILES string of the molecule is C=C(c1c(C)c(C(=O)OC(C)C)cc2cc(-c3cc4c(s3)CCN(C(=O)OC(C)(C)C)C4)cn12)N1CCOCC1. The standard InChI is InChI=1S/C31H39N3O5S/c1-19(2)38-29(35)25-16-24-14-22(18-34(24)28(20(25)3)21(4)32-10-12-37-13-11-32)27-15-23-17-33(9-8-26(23)40-27)30(36)39-31(5,6)7/h14-16,18-19H,4,8-13,17H2,1-3,5-7H3. The number of esters is 1. The predicted octanol–water partition coefficient (Wildman–Crippen LogP) is 6.14. The second-order valence-electron chi connectivity index (χ2n) is 11.8. The third-order valence-electron chi connectivity index (χ3n) is 7.17. The van der Waals surface area contributed by atoms with Crippen LogP contribution in [0.4, 0.5) is 4.79 Å². The summed E-state index contributed by atoms with van der Waals surface area (Å²) in [4.78, 5) is 32.2. The number of morpholine rings is 1. The predicted molar refractivity (Wildman–Crippen MR) is 158 cm³/mol. The minimum Gasteiger partial charge on any atom is -0.459 e. The fourth-order valence-corrected chi connectivity index (χ4v) is 6.41. The average Bonchev–Trinajstić information content (AvgIpc) is 3.50. The lowest BCUT2D eigenvalue weighted by molar-refractivity contribution is 0.0224. The van der Waals surface area contributed by atoms with Crippen molar-refractivity contribution in [2.45, 2.75) is 66.2 Å². The van der Waals surface area contributed by atoms with Gasteiger partial charge < -0.3 is 28.4 Å². The van der Waals surface area contributed by atoms with Gasteiger partial charge >= 0.3 is 12.1 Å². The number of thiophene rings is 1. The summed E-state index contributed by atoms with van der Waals surface area (Å²) in [5, 5.41) is 0. The Morgan fingerprint density at radius 1 is 1.07 bits per heavy atom. The molecule has 0 aromatic carbocycles. The first kappa shape index (κ1) is 28.2. The maximum Gasteiger partial charge on any atom is 0.410 e. The van der Waals surface area contributed by atoms with E-state index in [4.69, 9.17) is 14.2 Å². The Morgan fingerprint density at radius 2 is 1.80 bits per heavy atom. The van der Waals surface area contributed by atoms with Crippen molar-refractivity contribution in [3.8, 4) is 10.4 Å². The van der Waals surface area contributed by atoms with Crippen molar-refractivity contribution in [2.75, 3.05) is 32.8 Å². The molecule has 0 bridgehead atoms. The summed E-state index contributed by atoms with van der Waals surface area (Å²) in [6.45, 7) is 19.8. The first-order valence-corrected chi connectivity index (χ1v) is 14.7. The number of rotatable bonds is 5. The molecule has 0 spiro atoms. The fraction of sp³-hybridized carbons (Fsp3) is 0.484. The average molecular weight is 566 g/mol. The van der Waals surface area contributed by atoms with Crippen molar-refractivity contribution in [1.82, 2.24) is 14.2 Å². The molecule has 0 atom stereocenters. The minimum atomic E-state index is -0.523. The molecule has 214 valence electrons. The Morgan fingerprint density at radius 3 is 2.48 bits per heavy atom. The summed E-state index contributed by atoms with van der Waals surface area (Å²) < 4.78 is 18.9. The van der Waals surface area contributed by atoms with Gasteiger partial charge in [-0.3, -0.25) is 0 Å². The van der Waals surface area contributed by atoms with E-state index < -0.39 is 5.60 Å². The minimum absolute atomic E-state index is 0.214. The van der Waals surface area contributed by atoms with Gasteiger partial charge in [0.2, 0.25) is 0 Å². The van der Waals surface area contributed by atoms with Crippen LogP contribution in [0, 0.1) is 6.92 Å². The third kappa shape index (κ3) is 5.76. The first-order chi connectivity index (χ1) is 18.9. The van der Waals surface area contributed by atoms with Gasteiger partial charge in [-0.05, 0) is 77.3 Å². The van der Waals surface area contributed by atoms with E-state index in [1.807, 2.05) is 47.6 Å². The second-order valence-corrected chi connectivity index (χ2v) is 12.9. The van der Waals surface area contributed by atoms with Gasteiger partial charge in [0.15, 0.2) is 0 Å². The Labute approximate surface area is 240 Å². The van der Waals surface area contributed by atoms with Gasteiger partial charge in [0.1, 0.15) is 5.60 Å². The summed E-state index contributed by atoms with van der Waals surface area (Å²) in [5.74, 6) is -0.331. The van der Waals surface area contributed by atoms with Crippen molar-refractivity contribution in [3.63, 3.8) is 0 Å². The number of ether oxygens (including phenoxy) is 3. The van der Waals surface area contributed by atoms with Gasteiger partial charge in [0, 0.05) is 46.7 Å². The molecule has 2 aliphatic heterocycles. The van der Waals surface area contributed by atoms with Crippen LogP contribution in [0.2, 0.25) is 0 Å². The Hall–Kier alpha value is -3.30. The molecule has 0 radical (unpaired) electrons. The summed E-state index contributed by atoms with van der Waals surface area (Å²) >= 11 is 1.76. The molecule has 0 aliphatic carbocycles. The number of pyridine rings is 1. The van der Waals surface area contributed by atoms with Crippen LogP contribution in [0.1, 0.15) is 66.7 Å². The quantitative estimate of drug-likeness (QED) is 0.346. The van der Waals surface area contributed by atoms with Crippen LogP contribution in [-0.2, 0) is 27.2 Å². The normalized spacial score (nSPS) is 15.9. The number of hydrogen-bond acceptors (Lipinski definition) is 7. The monoisotopic (exact) mass is 565 g/mol. The number of nitrogens with zero attached hydrogens (tertiary/aromatic N) is 3. The van der Waals surface area contributed by atoms with E-state index in [9.17, 15) is 9.59 Å². The van der Waals surface area contributed by atoms with E-state index >= 15 is 0 Å². The highest BCUT2D eigenvalue weighted by molar-refractivity contribution is 7.15. The highest BCUT2D eigenvalue weighted by atomic mass is 32.1. The van der Waals surface area contributed by atoms with Crippen LogP contribution in [-0.4, -0.2) is 70.8 Å². The zero-order valence-corrected chi connectivity index (χ0v) is 25.2. The van der Waals surface area contributed by atoms with Crippen molar-refractivity contribution < 1.29 is 23.8 Å². The molecule has 1 fully saturated rings. The van der Waals surface area contributed by atoms with E-state index in [0.29, 0.717) is 31.9 Å². The van der Waals surface area contributed by atoms with Gasteiger partial charge in [-0.15, -0.1) is 11.3 Å². The highest BCUT2D eigenvalue weighted by Crippen LogP contribution is 2.38. The smallest absolute Gasteiger partial charge is 0.410 e. The van der Waals surface area contributed by atoms with Gasteiger partial charge in [-0.2, -0.15) is 0 Å². The molecular formula is C31H39N3O5S. The van der Waals surface area contributed by atoms with E-state index in [0.717, 1.165) is 58.0 Å². The summed E-state index contributed by atoms with van der Waals surface area (Å²) in [6.07, 6.45) is 2.44. The van der Waals surface area contributed by atoms with Crippen LogP contribution in [0.3, 0.4) is 0 Å². The molecular weight excluding hydrogens is 526 g/mol. The number of amides is 1. The molecule has 0 unspecified atom stereocenters. The van der Waals surface area contributed by atoms with Crippen molar-refractivity contribution in [2.24, 2.45) is 0 Å². The van der Waals surface area contributed by atoms with Crippen LogP contribution in [0.15, 0.2) is 31.0 Å². The van der Waals surface area contributed by atoms with Gasteiger partial charge in [0.25, 0.3) is 0 Å². The molecule has 3 aromatic heterocycles. The molecule has 40 heavy (non-hydrogen) atoms. The topological polar surface area (TPSA) is 72.7 Å². The van der Waals surface area contributed by atoms with Gasteiger partial charge in [-0.1, -0.05) is 6.58 Å². The molecule has 1 amide bonds. The van der Waals surface area contributed by atoms with E-state index in [-0.39, 0.29) is 18.2 Å². The zero-order chi connectivity index (χ0) is 28.8. The van der Waals surface area contributed by atoms with Crippen molar-refractivity contribution in [3.05, 3.63) is 58.2 Å². The van der Waals surface area contributed by atoms with Crippen LogP contribution < -0.4 is 0 Å². The Kier molecular flexibility index (Phi) is 7.72.